The average Bonchev–Trinajstić information content (AvgIpc) is 3.25. The van der Waals surface area contributed by atoms with Crippen LogP contribution in [-0.2, 0) is 12.8 Å². The van der Waals surface area contributed by atoms with E-state index in [9.17, 15) is 0 Å². The molecule has 1 aromatic heterocycles. The van der Waals surface area contributed by atoms with E-state index in [1.807, 2.05) is 0 Å². The molecule has 27 heavy (non-hydrogen) atoms. The molecule has 2 nitrogen and oxygen atoms in total. The maximum Gasteiger partial charge on any atom is 0.123 e. The molecular weight excluding hydrogens is 350 g/mol. The molecule has 0 N–H and O–H groups in total. The Kier molecular flexibility index (Phi) is 5.31. The molecule has 0 spiro atoms. The lowest BCUT2D eigenvalue weighted by Crippen LogP contribution is -2.03. The first-order chi connectivity index (χ1) is 13.1. The number of benzene rings is 2. The van der Waals surface area contributed by atoms with Crippen LogP contribution in [0, 0.1) is 13.8 Å². The van der Waals surface area contributed by atoms with Crippen molar-refractivity contribution in [2.75, 3.05) is 6.61 Å². The second kappa shape index (κ2) is 7.85. The second-order valence-electron chi connectivity index (χ2n) is 7.49. The van der Waals surface area contributed by atoms with Crippen molar-refractivity contribution in [2.45, 2.75) is 52.4 Å². The number of nitrogens with zero attached hydrogens (tertiary/aromatic N) is 1. The van der Waals surface area contributed by atoms with Crippen LogP contribution in [0.5, 0.6) is 5.75 Å². The molecule has 4 rings (SSSR count). The third-order valence-corrected chi connectivity index (χ3v) is 6.67. The highest BCUT2D eigenvalue weighted by Gasteiger charge is 2.21. The number of fused-ring (bicyclic) bond motifs is 1. The second-order valence-corrected chi connectivity index (χ2v) is 8.69. The van der Waals surface area contributed by atoms with Crippen molar-refractivity contribution in [1.29, 1.82) is 0 Å². The van der Waals surface area contributed by atoms with Gasteiger partial charge in [-0.2, -0.15) is 0 Å². The van der Waals surface area contributed by atoms with Gasteiger partial charge in [0, 0.05) is 16.9 Å². The Labute approximate surface area is 166 Å². The van der Waals surface area contributed by atoms with Crippen LogP contribution in [0.4, 0.5) is 0 Å². The summed E-state index contributed by atoms with van der Waals surface area (Å²) in [6, 6.07) is 15.3. The van der Waals surface area contributed by atoms with Crippen LogP contribution in [0.3, 0.4) is 0 Å². The third-order valence-electron chi connectivity index (χ3n) is 5.61. The molecule has 3 aromatic rings. The number of thiazole rings is 1. The molecule has 0 saturated carbocycles. The predicted octanol–water partition coefficient (Wildman–Crippen LogP) is 6.49. The summed E-state index contributed by atoms with van der Waals surface area (Å²) in [5, 5.41) is 1.10. The minimum Gasteiger partial charge on any atom is -0.493 e. The number of hydrogen-bond donors (Lipinski definition) is 0. The molecule has 140 valence electrons. The Morgan fingerprint density at radius 1 is 1.11 bits per heavy atom. The molecule has 0 fully saturated rings. The van der Waals surface area contributed by atoms with Gasteiger partial charge in [0.25, 0.3) is 0 Å². The van der Waals surface area contributed by atoms with Crippen molar-refractivity contribution in [3.8, 4) is 16.3 Å². The minimum absolute atomic E-state index is 0.675. The fraction of sp³-hybridized carbons (Fsp3) is 0.375. The molecule has 0 amide bonds. The monoisotopic (exact) mass is 377 g/mol. The molecule has 1 aliphatic rings. The normalized spacial score (nSPS) is 15.7. The van der Waals surface area contributed by atoms with Crippen LogP contribution in [0.1, 0.15) is 52.9 Å². The zero-order chi connectivity index (χ0) is 18.8. The van der Waals surface area contributed by atoms with E-state index in [4.69, 9.17) is 9.72 Å². The maximum atomic E-state index is 6.05. The molecule has 0 saturated heterocycles. The van der Waals surface area contributed by atoms with E-state index in [0.29, 0.717) is 6.61 Å². The van der Waals surface area contributed by atoms with Crippen LogP contribution in [0.15, 0.2) is 42.5 Å². The fourth-order valence-corrected chi connectivity index (χ4v) is 4.91. The summed E-state index contributed by atoms with van der Waals surface area (Å²) in [5.41, 5.74) is 6.64. The summed E-state index contributed by atoms with van der Waals surface area (Å²) in [6.07, 6.45) is 4.56. The maximum absolute atomic E-state index is 6.05. The molecule has 0 aliphatic heterocycles. The summed E-state index contributed by atoms with van der Waals surface area (Å²) in [4.78, 5) is 6.14. The highest BCUT2D eigenvalue weighted by Crippen LogP contribution is 2.37. The molecule has 2 aromatic carbocycles. The molecule has 1 heterocycles. The highest BCUT2D eigenvalue weighted by atomic mass is 32.1. The molecule has 1 atom stereocenters. The van der Waals surface area contributed by atoms with E-state index in [1.54, 1.807) is 11.3 Å². The lowest BCUT2D eigenvalue weighted by atomic mass is 9.99. The van der Waals surface area contributed by atoms with Gasteiger partial charge in [-0.3, -0.25) is 0 Å². The van der Waals surface area contributed by atoms with Crippen LogP contribution in [-0.4, -0.2) is 11.6 Å². The van der Waals surface area contributed by atoms with Gasteiger partial charge in [0.2, 0.25) is 0 Å². The van der Waals surface area contributed by atoms with Crippen LogP contribution >= 0.6 is 11.3 Å². The van der Waals surface area contributed by atoms with E-state index >= 15 is 0 Å². The Morgan fingerprint density at radius 3 is 2.70 bits per heavy atom. The topological polar surface area (TPSA) is 22.1 Å². The van der Waals surface area contributed by atoms with Crippen molar-refractivity contribution >= 4 is 11.3 Å². The van der Waals surface area contributed by atoms with Gasteiger partial charge in [-0.05, 0) is 62.3 Å². The van der Waals surface area contributed by atoms with Gasteiger partial charge in [-0.25, -0.2) is 4.98 Å². The molecule has 0 radical (unpaired) electrons. The first-order valence-electron chi connectivity index (χ1n) is 9.93. The lowest BCUT2D eigenvalue weighted by molar-refractivity contribution is 0.320. The third kappa shape index (κ3) is 3.93. The van der Waals surface area contributed by atoms with Gasteiger partial charge in [0.1, 0.15) is 10.8 Å². The van der Waals surface area contributed by atoms with E-state index < -0.39 is 0 Å². The van der Waals surface area contributed by atoms with E-state index in [0.717, 1.165) is 28.8 Å². The first kappa shape index (κ1) is 18.2. The lowest BCUT2D eigenvalue weighted by Gasteiger charge is -2.10. The number of hydrogen-bond acceptors (Lipinski definition) is 3. The summed E-state index contributed by atoms with van der Waals surface area (Å²) in [7, 11) is 0. The minimum atomic E-state index is 0.675. The SMILES string of the molecule is CCC1CCc2cc(OCCc3nc(-c4ccc(C)cc4)sc3C)ccc21. The number of rotatable bonds is 6. The van der Waals surface area contributed by atoms with Crippen molar-refractivity contribution in [2.24, 2.45) is 0 Å². The number of aryl methyl sites for hydroxylation is 3. The largest absolute Gasteiger partial charge is 0.493 e. The van der Waals surface area contributed by atoms with Gasteiger partial charge in [-0.1, -0.05) is 42.8 Å². The smallest absolute Gasteiger partial charge is 0.123 e. The zero-order valence-corrected chi connectivity index (χ0v) is 17.2. The van der Waals surface area contributed by atoms with Crippen LogP contribution in [0.2, 0.25) is 0 Å². The summed E-state index contributed by atoms with van der Waals surface area (Å²) in [5.74, 6) is 1.74. The number of ether oxygens (including phenoxy) is 1. The zero-order valence-electron chi connectivity index (χ0n) is 16.4. The Hall–Kier alpha value is -2.13. The summed E-state index contributed by atoms with van der Waals surface area (Å²) >= 11 is 1.77. The number of aromatic nitrogens is 1. The van der Waals surface area contributed by atoms with Gasteiger partial charge >= 0.3 is 0 Å². The van der Waals surface area contributed by atoms with Gasteiger partial charge in [0.15, 0.2) is 0 Å². The standard InChI is InChI=1S/C24H27NOS/c1-4-18-9-10-20-15-21(11-12-22(18)20)26-14-13-23-17(3)27-24(25-23)19-7-5-16(2)6-8-19/h5-8,11-12,15,18H,4,9-10,13-14H2,1-3H3. The summed E-state index contributed by atoms with van der Waals surface area (Å²) < 4.78 is 6.05. The molecule has 1 aliphatic carbocycles. The average molecular weight is 378 g/mol. The molecular formula is C24H27NOS. The first-order valence-corrected chi connectivity index (χ1v) is 10.7. The molecule has 3 heteroatoms. The Balaban J connectivity index is 1.39. The van der Waals surface area contributed by atoms with Crippen molar-refractivity contribution in [3.63, 3.8) is 0 Å². The quantitative estimate of drug-likeness (QED) is 0.490. The van der Waals surface area contributed by atoms with Crippen LogP contribution in [0.25, 0.3) is 10.6 Å². The van der Waals surface area contributed by atoms with Gasteiger partial charge < -0.3 is 4.74 Å². The van der Waals surface area contributed by atoms with E-state index in [-0.39, 0.29) is 0 Å². The highest BCUT2D eigenvalue weighted by molar-refractivity contribution is 7.15. The van der Waals surface area contributed by atoms with Crippen molar-refractivity contribution < 1.29 is 4.74 Å². The van der Waals surface area contributed by atoms with E-state index in [2.05, 4.69) is 63.2 Å². The van der Waals surface area contributed by atoms with Gasteiger partial charge in [-0.15, -0.1) is 11.3 Å². The van der Waals surface area contributed by atoms with Crippen LogP contribution < -0.4 is 4.74 Å². The Bertz CT molecular complexity index is 926. The molecule has 1 unspecified atom stereocenters. The van der Waals surface area contributed by atoms with Crippen molar-refractivity contribution in [3.05, 3.63) is 69.7 Å². The van der Waals surface area contributed by atoms with Gasteiger partial charge in [0.05, 0.1) is 12.3 Å². The summed E-state index contributed by atoms with van der Waals surface area (Å²) in [6.45, 7) is 7.23. The fourth-order valence-electron chi connectivity index (χ4n) is 3.94. The van der Waals surface area contributed by atoms with Crippen molar-refractivity contribution in [1.82, 2.24) is 4.98 Å². The molecule has 0 bridgehead atoms. The Morgan fingerprint density at radius 2 is 1.93 bits per heavy atom. The predicted molar refractivity (Wildman–Crippen MR) is 114 cm³/mol. The van der Waals surface area contributed by atoms with E-state index in [1.165, 1.54) is 46.4 Å².